The molecule has 0 radical (unpaired) electrons. The number of thiazole rings is 1. The van der Waals surface area contributed by atoms with Crippen molar-refractivity contribution in [3.8, 4) is 11.5 Å². The van der Waals surface area contributed by atoms with Crippen LogP contribution in [0.25, 0.3) is 10.2 Å². The van der Waals surface area contributed by atoms with Gasteiger partial charge in [-0.3, -0.25) is 9.52 Å². The molecule has 10 heteroatoms. The summed E-state index contributed by atoms with van der Waals surface area (Å²) in [5.41, 5.74) is 1.68. The zero-order valence-electron chi connectivity index (χ0n) is 19.5. The van der Waals surface area contributed by atoms with E-state index in [2.05, 4.69) is 9.71 Å². The number of aryl methyl sites for hydroxylation is 1. The minimum absolute atomic E-state index is 0.106. The molecule has 0 unspecified atom stereocenters. The Bertz CT molecular complexity index is 1520. The Morgan fingerprint density at radius 1 is 1.00 bits per heavy atom. The molecule has 3 aromatic carbocycles. The Morgan fingerprint density at radius 2 is 1.69 bits per heavy atom. The highest BCUT2D eigenvalue weighted by Gasteiger charge is 2.15. The van der Waals surface area contributed by atoms with Gasteiger partial charge >= 0.3 is 0 Å². The van der Waals surface area contributed by atoms with Gasteiger partial charge in [0.15, 0.2) is 4.80 Å². The predicted molar refractivity (Wildman–Crippen MR) is 137 cm³/mol. The number of benzene rings is 3. The predicted octanol–water partition coefficient (Wildman–Crippen LogP) is 4.67. The van der Waals surface area contributed by atoms with Gasteiger partial charge in [-0.15, -0.1) is 0 Å². The number of carbonyl (C=O) groups excluding carboxylic acids is 1. The van der Waals surface area contributed by atoms with Crippen LogP contribution >= 0.6 is 11.3 Å². The van der Waals surface area contributed by atoms with Gasteiger partial charge in [0.1, 0.15) is 11.5 Å². The van der Waals surface area contributed by atoms with Crippen LogP contribution < -0.4 is 19.0 Å². The van der Waals surface area contributed by atoms with E-state index in [4.69, 9.17) is 9.47 Å². The van der Waals surface area contributed by atoms with Crippen LogP contribution in [0.2, 0.25) is 0 Å². The van der Waals surface area contributed by atoms with Crippen molar-refractivity contribution in [2.45, 2.75) is 25.3 Å². The van der Waals surface area contributed by atoms with E-state index in [0.717, 1.165) is 16.0 Å². The highest BCUT2D eigenvalue weighted by molar-refractivity contribution is 7.92. The molecule has 1 amide bonds. The molecule has 0 fully saturated rings. The third kappa shape index (κ3) is 5.39. The summed E-state index contributed by atoms with van der Waals surface area (Å²) in [6.07, 6.45) is 0. The largest absolute Gasteiger partial charge is 0.497 e. The topological polar surface area (TPSA) is 99.0 Å². The van der Waals surface area contributed by atoms with Crippen molar-refractivity contribution in [1.82, 2.24) is 4.57 Å². The van der Waals surface area contributed by atoms with Crippen molar-refractivity contribution >= 4 is 43.2 Å². The number of anilines is 1. The second-order valence-electron chi connectivity index (χ2n) is 7.47. The molecule has 1 N–H and O–H groups in total. The lowest BCUT2D eigenvalue weighted by Crippen LogP contribution is -2.16. The van der Waals surface area contributed by atoms with Gasteiger partial charge in [-0.2, -0.15) is 4.99 Å². The number of amides is 1. The number of hydrogen-bond donors (Lipinski definition) is 1. The van der Waals surface area contributed by atoms with Crippen LogP contribution in [0.1, 0.15) is 24.2 Å². The Labute approximate surface area is 207 Å². The van der Waals surface area contributed by atoms with Crippen molar-refractivity contribution in [2.75, 3.05) is 18.4 Å². The van der Waals surface area contributed by atoms with Crippen LogP contribution in [0.4, 0.5) is 5.69 Å². The van der Waals surface area contributed by atoms with Crippen molar-refractivity contribution < 1.29 is 22.7 Å². The highest BCUT2D eigenvalue weighted by atomic mass is 32.2. The van der Waals surface area contributed by atoms with E-state index in [1.165, 1.54) is 42.7 Å². The number of hydrogen-bond acceptors (Lipinski definition) is 6. The molecule has 0 saturated carbocycles. The average molecular weight is 512 g/mol. The van der Waals surface area contributed by atoms with Gasteiger partial charge in [0.2, 0.25) is 0 Å². The lowest BCUT2D eigenvalue weighted by molar-refractivity contribution is 0.0998. The zero-order chi connectivity index (χ0) is 25.0. The van der Waals surface area contributed by atoms with E-state index in [9.17, 15) is 13.2 Å². The Balaban J connectivity index is 1.56. The summed E-state index contributed by atoms with van der Waals surface area (Å²) < 4.78 is 41.4. The van der Waals surface area contributed by atoms with Gasteiger partial charge in [0.05, 0.1) is 28.8 Å². The zero-order valence-corrected chi connectivity index (χ0v) is 21.2. The molecule has 0 bridgehead atoms. The highest BCUT2D eigenvalue weighted by Crippen LogP contribution is 2.24. The third-order valence-corrected chi connectivity index (χ3v) is 7.67. The minimum atomic E-state index is -3.78. The molecule has 4 aromatic rings. The molecular formula is C25H25N3O5S2. The fourth-order valence-electron chi connectivity index (χ4n) is 3.50. The monoisotopic (exact) mass is 511 g/mol. The van der Waals surface area contributed by atoms with Crippen LogP contribution in [-0.2, 0) is 16.6 Å². The molecular weight excluding hydrogens is 486 g/mol. The number of aromatic nitrogens is 1. The Hall–Kier alpha value is -3.63. The first-order valence-electron chi connectivity index (χ1n) is 11.0. The number of nitrogens with one attached hydrogen (secondary N) is 1. The first kappa shape index (κ1) is 24.5. The van der Waals surface area contributed by atoms with E-state index in [0.29, 0.717) is 35.0 Å². The van der Waals surface area contributed by atoms with Gasteiger partial charge in [-0.25, -0.2) is 8.42 Å². The second-order valence-corrected chi connectivity index (χ2v) is 10.2. The van der Waals surface area contributed by atoms with E-state index in [-0.39, 0.29) is 4.90 Å². The molecule has 4 rings (SSSR count). The molecule has 0 aliphatic rings. The SMILES string of the molecule is CCOc1ccc2c(c1)sc(=NC(=O)c1ccc(NS(=O)(=O)c3ccc(OC)cc3)cc1)n2CC. The maximum Gasteiger partial charge on any atom is 0.279 e. The van der Waals surface area contributed by atoms with Crippen LogP contribution in [0.15, 0.2) is 76.6 Å². The molecule has 182 valence electrons. The van der Waals surface area contributed by atoms with Crippen molar-refractivity contribution in [3.63, 3.8) is 0 Å². The van der Waals surface area contributed by atoms with Crippen molar-refractivity contribution in [2.24, 2.45) is 4.99 Å². The first-order valence-corrected chi connectivity index (χ1v) is 13.3. The molecule has 1 heterocycles. The van der Waals surface area contributed by atoms with Gasteiger partial charge in [0, 0.05) is 17.8 Å². The first-order chi connectivity index (χ1) is 16.8. The van der Waals surface area contributed by atoms with Gasteiger partial charge in [-0.1, -0.05) is 11.3 Å². The van der Waals surface area contributed by atoms with Crippen LogP contribution in [0.5, 0.6) is 11.5 Å². The number of nitrogens with zero attached hydrogens (tertiary/aromatic N) is 2. The van der Waals surface area contributed by atoms with Gasteiger partial charge in [-0.05, 0) is 80.6 Å². The number of rotatable bonds is 8. The molecule has 35 heavy (non-hydrogen) atoms. The quantitative estimate of drug-likeness (QED) is 0.371. The summed E-state index contributed by atoms with van der Waals surface area (Å²) in [6.45, 7) is 5.16. The maximum absolute atomic E-state index is 12.9. The number of methoxy groups -OCH3 is 1. The average Bonchev–Trinajstić information content (AvgIpc) is 3.20. The normalized spacial score (nSPS) is 12.0. The standard InChI is InChI=1S/C25H25N3O5S2/c1-4-28-22-15-12-20(33-5-2)16-23(22)34-25(28)26-24(29)17-6-8-18(9-7-17)27-35(30,31)21-13-10-19(32-3)11-14-21/h6-16,27H,4-5H2,1-3H3. The van der Waals surface area contributed by atoms with Crippen molar-refractivity contribution in [3.05, 3.63) is 77.1 Å². The van der Waals surface area contributed by atoms with Crippen molar-refractivity contribution in [1.29, 1.82) is 0 Å². The summed E-state index contributed by atoms with van der Waals surface area (Å²) in [5, 5.41) is 0. The number of ether oxygens (including phenoxy) is 2. The fourth-order valence-corrected chi connectivity index (χ4v) is 5.68. The second kappa shape index (κ2) is 10.3. The lowest BCUT2D eigenvalue weighted by Gasteiger charge is -2.09. The summed E-state index contributed by atoms with van der Waals surface area (Å²) in [6, 6.07) is 18.1. The summed E-state index contributed by atoms with van der Waals surface area (Å²) in [5.74, 6) is 0.928. The number of fused-ring (bicyclic) bond motifs is 1. The fraction of sp³-hybridized carbons (Fsp3) is 0.200. The molecule has 0 atom stereocenters. The Kier molecular flexibility index (Phi) is 7.23. The molecule has 0 aliphatic carbocycles. The van der Waals surface area contributed by atoms with E-state index in [1.807, 2.05) is 36.6 Å². The summed E-state index contributed by atoms with van der Waals surface area (Å²) in [7, 11) is -2.27. The Morgan fingerprint density at radius 3 is 2.31 bits per heavy atom. The molecule has 0 saturated heterocycles. The van der Waals surface area contributed by atoms with Gasteiger partial charge in [0.25, 0.3) is 15.9 Å². The summed E-state index contributed by atoms with van der Waals surface area (Å²) in [4.78, 5) is 17.9. The van der Waals surface area contributed by atoms with Crippen LogP contribution in [0, 0.1) is 0 Å². The summed E-state index contributed by atoms with van der Waals surface area (Å²) >= 11 is 1.42. The number of carbonyl (C=O) groups is 1. The maximum atomic E-state index is 12.9. The van der Waals surface area contributed by atoms with Crippen LogP contribution in [-0.4, -0.2) is 32.6 Å². The smallest absolute Gasteiger partial charge is 0.279 e. The molecule has 1 aromatic heterocycles. The van der Waals surface area contributed by atoms with E-state index >= 15 is 0 Å². The van der Waals surface area contributed by atoms with E-state index in [1.54, 1.807) is 24.3 Å². The molecule has 0 aliphatic heterocycles. The third-order valence-electron chi connectivity index (χ3n) is 5.23. The molecule has 0 spiro atoms. The van der Waals surface area contributed by atoms with E-state index < -0.39 is 15.9 Å². The van der Waals surface area contributed by atoms with Gasteiger partial charge < -0.3 is 14.0 Å². The van der Waals surface area contributed by atoms with Crippen LogP contribution in [0.3, 0.4) is 0 Å². The number of sulfonamides is 1. The lowest BCUT2D eigenvalue weighted by atomic mass is 10.2. The molecule has 8 nitrogen and oxygen atoms in total. The minimum Gasteiger partial charge on any atom is -0.497 e.